The van der Waals surface area contributed by atoms with E-state index < -0.39 is 18.0 Å². The van der Waals surface area contributed by atoms with Crippen molar-refractivity contribution in [2.24, 2.45) is 0 Å². The Kier molecular flexibility index (Phi) is 8.13. The van der Waals surface area contributed by atoms with E-state index in [-0.39, 0.29) is 11.9 Å². The molecule has 0 aliphatic carbocycles. The van der Waals surface area contributed by atoms with Gasteiger partial charge < -0.3 is 15.2 Å². The average Bonchev–Trinajstić information content (AvgIpc) is 2.66. The lowest BCUT2D eigenvalue weighted by atomic mass is 10.0. The molecule has 2 N–H and O–H groups in total. The van der Waals surface area contributed by atoms with Crippen LogP contribution in [0.2, 0.25) is 10.0 Å². The highest BCUT2D eigenvalue weighted by Gasteiger charge is 2.38. The predicted octanol–water partition coefficient (Wildman–Crippen LogP) is 5.56. The Bertz CT molecular complexity index is 839. The van der Waals surface area contributed by atoms with Crippen molar-refractivity contribution < 1.29 is 32.2 Å². The van der Waals surface area contributed by atoms with Crippen molar-refractivity contribution in [3.05, 3.63) is 52.3 Å². The molecule has 0 unspecified atom stereocenters. The lowest BCUT2D eigenvalue weighted by Crippen LogP contribution is -2.34. The molecule has 1 heterocycles. The van der Waals surface area contributed by atoms with Crippen LogP contribution < -0.4 is 10.1 Å². The summed E-state index contributed by atoms with van der Waals surface area (Å²) >= 11 is 12.1. The number of benzene rings is 2. The smallest absolute Gasteiger partial charge is 0.487 e. The molecule has 1 aliphatic heterocycles. The Morgan fingerprint density at radius 2 is 1.62 bits per heavy atom. The van der Waals surface area contributed by atoms with Gasteiger partial charge in [0.15, 0.2) is 11.6 Å². The fourth-order valence-corrected chi connectivity index (χ4v) is 2.98. The van der Waals surface area contributed by atoms with Crippen molar-refractivity contribution in [2.75, 3.05) is 13.1 Å². The van der Waals surface area contributed by atoms with E-state index in [1.54, 1.807) is 36.4 Å². The molecule has 0 spiro atoms. The molecule has 29 heavy (non-hydrogen) atoms. The number of aliphatic carboxylic acids is 1. The zero-order valence-electron chi connectivity index (χ0n) is 14.9. The molecule has 3 rings (SSSR count). The van der Waals surface area contributed by atoms with E-state index in [1.807, 2.05) is 0 Å². The van der Waals surface area contributed by atoms with Gasteiger partial charge >= 0.3 is 12.1 Å². The molecule has 0 amide bonds. The molecule has 0 radical (unpaired) electrons. The number of hydrogen-bond donors (Lipinski definition) is 2. The van der Waals surface area contributed by atoms with Crippen molar-refractivity contribution in [2.45, 2.75) is 25.1 Å². The molecule has 0 saturated carbocycles. The monoisotopic (exact) mass is 453 g/mol. The van der Waals surface area contributed by atoms with Crippen LogP contribution in [0.1, 0.15) is 12.8 Å². The molecule has 1 saturated heterocycles. The minimum absolute atomic E-state index is 0.0370. The molecule has 2 aromatic rings. The summed E-state index contributed by atoms with van der Waals surface area (Å²) in [7, 11) is 0. The van der Waals surface area contributed by atoms with Crippen LogP contribution >= 0.6 is 23.2 Å². The summed E-state index contributed by atoms with van der Waals surface area (Å²) in [6.07, 6.45) is -3.30. The third-order valence-electron chi connectivity index (χ3n) is 4.01. The average molecular weight is 454 g/mol. The number of halogens is 6. The Labute approximate surface area is 174 Å². The lowest BCUT2D eigenvalue weighted by molar-refractivity contribution is -0.192. The summed E-state index contributed by atoms with van der Waals surface area (Å²) in [5.74, 6) is -2.93. The van der Waals surface area contributed by atoms with Crippen molar-refractivity contribution in [3.63, 3.8) is 0 Å². The number of carboxylic acid groups (broad SMARTS) is 1. The second kappa shape index (κ2) is 10.1. The zero-order valence-corrected chi connectivity index (χ0v) is 16.4. The van der Waals surface area contributed by atoms with Crippen LogP contribution in [0.3, 0.4) is 0 Å². The molecule has 2 aromatic carbocycles. The first-order valence-corrected chi connectivity index (χ1v) is 9.26. The molecular weight excluding hydrogens is 437 g/mol. The summed E-state index contributed by atoms with van der Waals surface area (Å²) in [5, 5.41) is 11.3. The predicted molar refractivity (Wildman–Crippen MR) is 102 cm³/mol. The number of piperidine rings is 1. The largest absolute Gasteiger partial charge is 0.490 e. The third kappa shape index (κ3) is 6.76. The topological polar surface area (TPSA) is 58.6 Å². The second-order valence-electron chi connectivity index (χ2n) is 6.11. The van der Waals surface area contributed by atoms with Crippen LogP contribution in [0.4, 0.5) is 17.6 Å². The van der Waals surface area contributed by atoms with Gasteiger partial charge in [-0.2, -0.15) is 13.2 Å². The van der Waals surface area contributed by atoms with Gasteiger partial charge in [0.05, 0.1) is 5.02 Å². The number of alkyl halides is 3. The van der Waals surface area contributed by atoms with Crippen molar-refractivity contribution in [3.8, 4) is 16.9 Å². The molecule has 10 heteroatoms. The molecular formula is C19H17Cl2F4NO3. The summed E-state index contributed by atoms with van der Waals surface area (Å²) in [5.41, 5.74) is 1.03. The van der Waals surface area contributed by atoms with Crippen LogP contribution in [0.25, 0.3) is 11.1 Å². The van der Waals surface area contributed by atoms with Gasteiger partial charge in [-0.05, 0) is 55.8 Å². The van der Waals surface area contributed by atoms with E-state index in [2.05, 4.69) is 5.32 Å². The second-order valence-corrected chi connectivity index (χ2v) is 6.96. The van der Waals surface area contributed by atoms with Gasteiger partial charge in [-0.15, -0.1) is 0 Å². The van der Waals surface area contributed by atoms with Gasteiger partial charge in [-0.25, -0.2) is 9.18 Å². The maximum atomic E-state index is 14.8. The Balaban J connectivity index is 0.000000370. The number of ether oxygens (including phenoxy) is 1. The van der Waals surface area contributed by atoms with Crippen molar-refractivity contribution in [1.82, 2.24) is 5.32 Å². The van der Waals surface area contributed by atoms with Crippen LogP contribution in [0.5, 0.6) is 5.75 Å². The SMILES string of the molecule is Fc1c(OC2CCNCC2)ccc(Cl)c1-c1ccc(Cl)cc1.O=C(O)C(F)(F)F. The molecule has 0 aromatic heterocycles. The zero-order chi connectivity index (χ0) is 21.6. The summed E-state index contributed by atoms with van der Waals surface area (Å²) in [6.45, 7) is 1.79. The minimum Gasteiger partial charge on any atom is -0.487 e. The number of nitrogens with one attached hydrogen (secondary N) is 1. The number of rotatable bonds is 3. The summed E-state index contributed by atoms with van der Waals surface area (Å²) in [4.78, 5) is 8.90. The first-order valence-electron chi connectivity index (χ1n) is 8.51. The Morgan fingerprint density at radius 3 is 2.14 bits per heavy atom. The summed E-state index contributed by atoms with van der Waals surface area (Å²) in [6, 6.07) is 10.2. The number of carbonyl (C=O) groups is 1. The van der Waals surface area contributed by atoms with Crippen molar-refractivity contribution >= 4 is 29.2 Å². The standard InChI is InChI=1S/C17H16Cl2FNO.C2HF3O2/c18-12-3-1-11(2-4-12)16-14(19)5-6-15(17(16)20)22-13-7-9-21-10-8-13;3-2(4,5)1(6)7/h1-6,13,21H,7-10H2;(H,6,7). The minimum atomic E-state index is -5.08. The van der Waals surface area contributed by atoms with E-state index in [4.69, 9.17) is 37.8 Å². The third-order valence-corrected chi connectivity index (χ3v) is 4.58. The summed E-state index contributed by atoms with van der Waals surface area (Å²) < 4.78 is 52.4. The maximum Gasteiger partial charge on any atom is 0.490 e. The molecule has 0 atom stereocenters. The quantitative estimate of drug-likeness (QED) is 0.596. The van der Waals surface area contributed by atoms with Crippen LogP contribution in [0.15, 0.2) is 36.4 Å². The fraction of sp³-hybridized carbons (Fsp3) is 0.316. The van der Waals surface area contributed by atoms with Crippen LogP contribution in [0, 0.1) is 5.82 Å². The van der Waals surface area contributed by atoms with Gasteiger partial charge in [0, 0.05) is 10.6 Å². The maximum absolute atomic E-state index is 14.8. The van der Waals surface area contributed by atoms with E-state index in [0.29, 0.717) is 21.2 Å². The van der Waals surface area contributed by atoms with Gasteiger partial charge in [0.25, 0.3) is 0 Å². The normalized spacial score (nSPS) is 14.7. The highest BCUT2D eigenvalue weighted by Crippen LogP contribution is 2.36. The molecule has 158 valence electrons. The first-order chi connectivity index (χ1) is 13.6. The molecule has 1 fully saturated rings. The Morgan fingerprint density at radius 1 is 1.07 bits per heavy atom. The van der Waals surface area contributed by atoms with Gasteiger partial charge in [-0.1, -0.05) is 35.3 Å². The van der Waals surface area contributed by atoms with Crippen molar-refractivity contribution in [1.29, 1.82) is 0 Å². The van der Waals surface area contributed by atoms with Gasteiger partial charge in [-0.3, -0.25) is 0 Å². The number of carboxylic acids is 1. The van der Waals surface area contributed by atoms with Crippen LogP contribution in [-0.2, 0) is 4.79 Å². The molecule has 4 nitrogen and oxygen atoms in total. The van der Waals surface area contributed by atoms with Gasteiger partial charge in [0.2, 0.25) is 0 Å². The molecule has 1 aliphatic rings. The molecule has 0 bridgehead atoms. The van der Waals surface area contributed by atoms with Gasteiger partial charge in [0.1, 0.15) is 6.10 Å². The lowest BCUT2D eigenvalue weighted by Gasteiger charge is -2.24. The highest BCUT2D eigenvalue weighted by molar-refractivity contribution is 6.33. The van der Waals surface area contributed by atoms with E-state index in [0.717, 1.165) is 25.9 Å². The van der Waals surface area contributed by atoms with E-state index in [1.165, 1.54) is 0 Å². The highest BCUT2D eigenvalue weighted by atomic mass is 35.5. The Hall–Kier alpha value is -2.03. The fourth-order valence-electron chi connectivity index (χ4n) is 2.60. The van der Waals surface area contributed by atoms with E-state index >= 15 is 0 Å². The number of hydrogen-bond acceptors (Lipinski definition) is 3. The first kappa shape index (κ1) is 23.3. The van der Waals surface area contributed by atoms with Crippen LogP contribution in [-0.4, -0.2) is 36.4 Å². The van der Waals surface area contributed by atoms with E-state index in [9.17, 15) is 17.6 Å².